The molecule has 3 rings (SSSR count). The van der Waals surface area contributed by atoms with Crippen molar-refractivity contribution in [1.29, 1.82) is 0 Å². The third-order valence-corrected chi connectivity index (χ3v) is 5.01. The zero-order chi connectivity index (χ0) is 21.9. The molecular weight excluding hydrogens is 392 g/mol. The highest BCUT2D eigenvalue weighted by molar-refractivity contribution is 5.91. The average Bonchev–Trinajstić information content (AvgIpc) is 3.26. The summed E-state index contributed by atoms with van der Waals surface area (Å²) < 4.78 is 16.2. The van der Waals surface area contributed by atoms with Gasteiger partial charge in [0.2, 0.25) is 0 Å². The van der Waals surface area contributed by atoms with E-state index in [0.717, 1.165) is 31.0 Å². The highest BCUT2D eigenvalue weighted by Gasteiger charge is 2.17. The van der Waals surface area contributed by atoms with E-state index in [2.05, 4.69) is 41.7 Å². The summed E-state index contributed by atoms with van der Waals surface area (Å²) in [7, 11) is 3.33. The summed E-state index contributed by atoms with van der Waals surface area (Å²) in [6.07, 6.45) is 0.769. The zero-order valence-corrected chi connectivity index (χ0v) is 18.2. The van der Waals surface area contributed by atoms with Crippen molar-refractivity contribution in [2.45, 2.75) is 26.1 Å². The van der Waals surface area contributed by atoms with E-state index >= 15 is 0 Å². The summed E-state index contributed by atoms with van der Waals surface area (Å²) in [6.45, 7) is 3.50. The molecule has 0 radical (unpaired) electrons. The van der Waals surface area contributed by atoms with E-state index in [-0.39, 0.29) is 5.91 Å². The molecule has 1 amide bonds. The number of hydrogen-bond donors (Lipinski definition) is 2. The lowest BCUT2D eigenvalue weighted by Crippen LogP contribution is -3.08. The Morgan fingerprint density at radius 1 is 0.935 bits per heavy atom. The number of nitrogens with one attached hydrogen (secondary N) is 2. The van der Waals surface area contributed by atoms with Crippen LogP contribution in [0.15, 0.2) is 71.1 Å². The van der Waals surface area contributed by atoms with E-state index < -0.39 is 0 Å². The number of rotatable bonds is 12. The first kappa shape index (κ1) is 22.6. The van der Waals surface area contributed by atoms with E-state index in [1.165, 1.54) is 16.0 Å². The van der Waals surface area contributed by atoms with Crippen molar-refractivity contribution in [3.63, 3.8) is 0 Å². The Morgan fingerprint density at radius 2 is 1.71 bits per heavy atom. The lowest BCUT2D eigenvalue weighted by molar-refractivity contribution is -0.942. The highest BCUT2D eigenvalue weighted by atomic mass is 16.5. The standard InChI is InChI=1S/C25H30N2O4/c1-29-15-7-14-26-25(28)24-13-12-23(31-24)19-27(17-20-8-4-3-5-9-20)18-21-10-6-11-22(16-21)30-2/h3-6,8-13,16H,7,14-15,17-19H2,1-2H3,(H,26,28)/p+1. The first-order valence-corrected chi connectivity index (χ1v) is 10.5. The number of amides is 1. The number of hydrogen-bond acceptors (Lipinski definition) is 4. The van der Waals surface area contributed by atoms with Gasteiger partial charge >= 0.3 is 0 Å². The summed E-state index contributed by atoms with van der Waals surface area (Å²) in [5.41, 5.74) is 2.44. The second-order valence-electron chi connectivity index (χ2n) is 7.49. The van der Waals surface area contributed by atoms with Gasteiger partial charge in [0.1, 0.15) is 25.4 Å². The van der Waals surface area contributed by atoms with E-state index in [9.17, 15) is 4.79 Å². The minimum absolute atomic E-state index is 0.195. The van der Waals surface area contributed by atoms with Crippen LogP contribution >= 0.6 is 0 Å². The fourth-order valence-corrected chi connectivity index (χ4v) is 3.49. The number of carbonyl (C=O) groups is 1. The molecule has 0 fully saturated rings. The predicted molar refractivity (Wildman–Crippen MR) is 119 cm³/mol. The largest absolute Gasteiger partial charge is 0.497 e. The van der Waals surface area contributed by atoms with Gasteiger partial charge in [0.25, 0.3) is 5.91 Å². The van der Waals surface area contributed by atoms with Gasteiger partial charge in [-0.05, 0) is 30.7 Å². The summed E-state index contributed by atoms with van der Waals surface area (Å²) in [6, 6.07) is 22.1. The van der Waals surface area contributed by atoms with Crippen LogP contribution < -0.4 is 15.0 Å². The van der Waals surface area contributed by atoms with E-state index in [1.54, 1.807) is 20.3 Å². The summed E-state index contributed by atoms with van der Waals surface area (Å²) in [4.78, 5) is 13.6. The normalized spacial score (nSPS) is 11.8. The number of methoxy groups -OCH3 is 2. The highest BCUT2D eigenvalue weighted by Crippen LogP contribution is 2.12. The molecule has 0 aliphatic rings. The number of quaternary nitrogens is 1. The van der Waals surface area contributed by atoms with Crippen molar-refractivity contribution >= 4 is 5.91 Å². The molecule has 164 valence electrons. The molecule has 2 aromatic carbocycles. The Labute approximate surface area is 183 Å². The molecule has 1 atom stereocenters. The maximum atomic E-state index is 12.3. The van der Waals surface area contributed by atoms with Gasteiger partial charge in [0.15, 0.2) is 11.5 Å². The van der Waals surface area contributed by atoms with Gasteiger partial charge in [-0.1, -0.05) is 42.5 Å². The van der Waals surface area contributed by atoms with Crippen LogP contribution in [0.25, 0.3) is 0 Å². The van der Waals surface area contributed by atoms with Gasteiger partial charge in [-0.2, -0.15) is 0 Å². The molecule has 0 saturated carbocycles. The van der Waals surface area contributed by atoms with Crippen molar-refractivity contribution in [3.8, 4) is 5.75 Å². The van der Waals surface area contributed by atoms with Crippen LogP contribution in [0.5, 0.6) is 5.75 Å². The molecule has 0 saturated heterocycles. The van der Waals surface area contributed by atoms with Gasteiger partial charge in [-0.15, -0.1) is 0 Å². The lowest BCUT2D eigenvalue weighted by atomic mass is 10.1. The van der Waals surface area contributed by atoms with Crippen LogP contribution in [0, 0.1) is 0 Å². The van der Waals surface area contributed by atoms with Crippen molar-refractivity contribution in [1.82, 2.24) is 5.32 Å². The number of carbonyl (C=O) groups excluding carboxylic acids is 1. The maximum Gasteiger partial charge on any atom is 0.287 e. The average molecular weight is 424 g/mol. The molecule has 0 spiro atoms. The Hall–Kier alpha value is -3.09. The molecule has 6 nitrogen and oxygen atoms in total. The number of furan rings is 1. The Morgan fingerprint density at radius 3 is 2.48 bits per heavy atom. The second-order valence-corrected chi connectivity index (χ2v) is 7.49. The first-order valence-electron chi connectivity index (χ1n) is 10.5. The fourth-order valence-electron chi connectivity index (χ4n) is 3.49. The Kier molecular flexibility index (Phi) is 8.70. The molecule has 0 aliphatic carbocycles. The molecule has 1 unspecified atom stereocenters. The van der Waals surface area contributed by atoms with Crippen LogP contribution in [0.3, 0.4) is 0 Å². The first-order chi connectivity index (χ1) is 15.2. The Balaban J connectivity index is 1.68. The predicted octanol–water partition coefficient (Wildman–Crippen LogP) is 2.84. The van der Waals surface area contributed by atoms with Gasteiger partial charge in [-0.3, -0.25) is 4.79 Å². The minimum atomic E-state index is -0.195. The van der Waals surface area contributed by atoms with Gasteiger partial charge in [-0.25, -0.2) is 0 Å². The molecule has 3 aromatic rings. The second kappa shape index (κ2) is 11.9. The summed E-state index contributed by atoms with van der Waals surface area (Å²) >= 11 is 0. The van der Waals surface area contributed by atoms with Crippen molar-refractivity contribution in [2.75, 3.05) is 27.4 Å². The molecule has 0 bridgehead atoms. The topological polar surface area (TPSA) is 65.1 Å². The smallest absolute Gasteiger partial charge is 0.287 e. The monoisotopic (exact) mass is 423 g/mol. The molecule has 31 heavy (non-hydrogen) atoms. The third-order valence-electron chi connectivity index (χ3n) is 5.01. The van der Waals surface area contributed by atoms with Crippen LogP contribution in [-0.2, 0) is 24.4 Å². The van der Waals surface area contributed by atoms with Crippen LogP contribution in [-0.4, -0.2) is 33.3 Å². The molecule has 1 aromatic heterocycles. The van der Waals surface area contributed by atoms with Gasteiger partial charge in [0.05, 0.1) is 7.11 Å². The summed E-state index contributed by atoms with van der Waals surface area (Å²) in [5, 5.41) is 2.86. The maximum absolute atomic E-state index is 12.3. The van der Waals surface area contributed by atoms with Gasteiger partial charge in [0, 0.05) is 31.4 Å². The minimum Gasteiger partial charge on any atom is -0.497 e. The van der Waals surface area contributed by atoms with Crippen LogP contribution in [0.4, 0.5) is 0 Å². The van der Waals surface area contributed by atoms with Crippen molar-refractivity contribution in [3.05, 3.63) is 89.4 Å². The van der Waals surface area contributed by atoms with Crippen molar-refractivity contribution < 1.29 is 23.6 Å². The van der Waals surface area contributed by atoms with E-state index in [4.69, 9.17) is 13.9 Å². The molecule has 6 heteroatoms. The Bertz CT molecular complexity index is 939. The van der Waals surface area contributed by atoms with Crippen molar-refractivity contribution in [2.24, 2.45) is 0 Å². The fraction of sp³-hybridized carbons (Fsp3) is 0.320. The molecule has 2 N–H and O–H groups in total. The lowest BCUT2D eigenvalue weighted by Gasteiger charge is -2.19. The zero-order valence-electron chi connectivity index (χ0n) is 18.2. The number of ether oxygens (including phenoxy) is 2. The van der Waals surface area contributed by atoms with Gasteiger partial charge < -0.3 is 24.1 Å². The number of benzene rings is 2. The molecule has 1 heterocycles. The van der Waals surface area contributed by atoms with E-state index in [0.29, 0.717) is 25.5 Å². The van der Waals surface area contributed by atoms with Crippen LogP contribution in [0.1, 0.15) is 33.9 Å². The van der Waals surface area contributed by atoms with E-state index in [1.807, 2.05) is 24.3 Å². The molecule has 0 aliphatic heterocycles. The molecular formula is C25H31N2O4+. The SMILES string of the molecule is COCCCNC(=O)c1ccc(C[NH+](Cc2ccccc2)Cc2cccc(OC)c2)o1. The third kappa shape index (κ3) is 7.27. The quantitative estimate of drug-likeness (QED) is 0.440. The summed E-state index contributed by atoms with van der Waals surface area (Å²) in [5.74, 6) is 1.78. The van der Waals surface area contributed by atoms with Crippen LogP contribution in [0.2, 0.25) is 0 Å².